The molecule has 0 spiro atoms. The van der Waals surface area contributed by atoms with Crippen LogP contribution in [0, 0.1) is 6.92 Å². The number of fused-ring (bicyclic) bond motifs is 1. The van der Waals surface area contributed by atoms with E-state index in [0.29, 0.717) is 5.56 Å². The van der Waals surface area contributed by atoms with Crippen molar-refractivity contribution in [2.45, 2.75) is 32.2 Å². The van der Waals surface area contributed by atoms with Gasteiger partial charge in [-0.05, 0) is 35.7 Å². The summed E-state index contributed by atoms with van der Waals surface area (Å²) in [4.78, 5) is 11.5. The lowest BCUT2D eigenvalue weighted by Gasteiger charge is -2.24. The maximum atomic E-state index is 13.2. The minimum absolute atomic E-state index is 0.117. The third-order valence-corrected chi connectivity index (χ3v) is 5.74. The lowest BCUT2D eigenvalue weighted by molar-refractivity contribution is -0.138. The Kier molecular flexibility index (Phi) is 6.24. The quantitative estimate of drug-likeness (QED) is 0.365. The van der Waals surface area contributed by atoms with Crippen molar-refractivity contribution in [1.82, 2.24) is 9.88 Å². The van der Waals surface area contributed by atoms with Gasteiger partial charge < -0.3 is 9.67 Å². The number of nitrogens with zero attached hydrogens (tertiary/aromatic N) is 1. The average molecular weight is 452 g/mol. The van der Waals surface area contributed by atoms with Crippen molar-refractivity contribution in [1.29, 1.82) is 0 Å². The Morgan fingerprint density at radius 1 is 1.00 bits per heavy atom. The molecule has 1 atom stereocenters. The van der Waals surface area contributed by atoms with Crippen LogP contribution in [0.2, 0.25) is 0 Å². The number of rotatable bonds is 7. The van der Waals surface area contributed by atoms with Gasteiger partial charge in [-0.2, -0.15) is 13.2 Å². The maximum absolute atomic E-state index is 13.2. The van der Waals surface area contributed by atoms with E-state index in [4.69, 9.17) is 0 Å². The molecule has 0 radical (unpaired) electrons. The van der Waals surface area contributed by atoms with Gasteiger partial charge in [0.25, 0.3) is 0 Å². The Morgan fingerprint density at radius 2 is 1.70 bits per heavy atom. The van der Waals surface area contributed by atoms with E-state index in [0.717, 1.165) is 39.9 Å². The summed E-state index contributed by atoms with van der Waals surface area (Å²) in [7, 11) is 0. The summed E-state index contributed by atoms with van der Waals surface area (Å²) in [6.45, 7) is 2.07. The van der Waals surface area contributed by atoms with Crippen molar-refractivity contribution in [2.24, 2.45) is 0 Å². The van der Waals surface area contributed by atoms with Crippen LogP contribution in [0.5, 0.6) is 0 Å². The highest BCUT2D eigenvalue weighted by molar-refractivity contribution is 5.89. The van der Waals surface area contributed by atoms with Crippen LogP contribution in [-0.4, -0.2) is 15.6 Å². The third-order valence-electron chi connectivity index (χ3n) is 5.74. The number of para-hydroxylation sites is 1. The number of carbonyl (C=O) groups is 1. The summed E-state index contributed by atoms with van der Waals surface area (Å²) in [5, 5.41) is 13.7. The number of hydrogen-bond acceptors (Lipinski definition) is 2. The van der Waals surface area contributed by atoms with E-state index in [2.05, 4.69) is 5.32 Å². The Labute approximate surface area is 189 Å². The number of halogens is 3. The van der Waals surface area contributed by atoms with E-state index >= 15 is 0 Å². The third kappa shape index (κ3) is 4.78. The fraction of sp³-hybridized carbons (Fsp3) is 0.192. The van der Waals surface area contributed by atoms with Crippen LogP contribution < -0.4 is 5.32 Å². The molecule has 7 heteroatoms. The van der Waals surface area contributed by atoms with Gasteiger partial charge in [-0.15, -0.1) is 0 Å². The molecule has 4 aromatic rings. The molecule has 0 bridgehead atoms. The number of carboxylic acids is 1. The number of nitrogens with one attached hydrogen (secondary N) is 1. The molecule has 4 rings (SSSR count). The van der Waals surface area contributed by atoms with Gasteiger partial charge in [-0.3, -0.25) is 10.1 Å². The lowest BCUT2D eigenvalue weighted by Crippen LogP contribution is -2.28. The van der Waals surface area contributed by atoms with Crippen molar-refractivity contribution >= 4 is 16.9 Å². The highest BCUT2D eigenvalue weighted by Gasteiger charge is 2.30. The van der Waals surface area contributed by atoms with Gasteiger partial charge >= 0.3 is 12.1 Å². The highest BCUT2D eigenvalue weighted by atomic mass is 19.4. The van der Waals surface area contributed by atoms with E-state index < -0.39 is 23.9 Å². The zero-order valence-corrected chi connectivity index (χ0v) is 17.9. The second kappa shape index (κ2) is 9.11. The zero-order valence-electron chi connectivity index (χ0n) is 17.9. The number of alkyl halides is 3. The number of benzene rings is 3. The number of hydrogen-bond donors (Lipinski definition) is 2. The van der Waals surface area contributed by atoms with Crippen LogP contribution in [-0.2, 0) is 23.9 Å². The Morgan fingerprint density at radius 3 is 2.39 bits per heavy atom. The molecule has 0 aliphatic carbocycles. The molecule has 0 fully saturated rings. The van der Waals surface area contributed by atoms with Crippen LogP contribution in [0.25, 0.3) is 10.9 Å². The van der Waals surface area contributed by atoms with Crippen molar-refractivity contribution in [3.05, 3.63) is 107 Å². The van der Waals surface area contributed by atoms with Crippen LogP contribution in [0.15, 0.2) is 78.9 Å². The Bertz CT molecular complexity index is 1280. The smallest absolute Gasteiger partial charge is 0.416 e. The van der Waals surface area contributed by atoms with E-state index in [1.165, 1.54) is 6.07 Å². The summed E-state index contributed by atoms with van der Waals surface area (Å²) in [5.41, 5.74) is 3.10. The Balaban J connectivity index is 1.78. The average Bonchev–Trinajstić information content (AvgIpc) is 3.06. The molecule has 2 N–H and O–H groups in total. The van der Waals surface area contributed by atoms with Crippen molar-refractivity contribution in [3.63, 3.8) is 0 Å². The van der Waals surface area contributed by atoms with Crippen LogP contribution in [0.1, 0.15) is 34.1 Å². The first-order valence-corrected chi connectivity index (χ1v) is 10.5. The number of aliphatic carboxylic acids is 1. The van der Waals surface area contributed by atoms with Gasteiger partial charge in [-0.1, -0.05) is 66.7 Å². The summed E-state index contributed by atoms with van der Waals surface area (Å²) in [6, 6.07) is 22.4. The minimum Gasteiger partial charge on any atom is -0.481 e. The van der Waals surface area contributed by atoms with Gasteiger partial charge in [0.2, 0.25) is 0 Å². The zero-order chi connectivity index (χ0) is 23.6. The molecule has 0 aliphatic heterocycles. The maximum Gasteiger partial charge on any atom is 0.416 e. The highest BCUT2D eigenvalue weighted by Crippen LogP contribution is 2.32. The van der Waals surface area contributed by atoms with Crippen LogP contribution in [0.3, 0.4) is 0 Å². The summed E-state index contributed by atoms with van der Waals surface area (Å²) in [5.74, 6) is -0.922. The number of aromatic nitrogens is 1. The number of carboxylic acid groups (broad SMARTS) is 1. The normalized spacial score (nSPS) is 12.7. The van der Waals surface area contributed by atoms with Gasteiger partial charge in [0.1, 0.15) is 6.17 Å². The molecular weight excluding hydrogens is 429 g/mol. The first-order chi connectivity index (χ1) is 15.8. The summed E-state index contributed by atoms with van der Waals surface area (Å²) in [6.07, 6.45) is -4.93. The van der Waals surface area contributed by atoms with E-state index in [1.807, 2.05) is 66.1 Å². The van der Waals surface area contributed by atoms with Crippen LogP contribution in [0.4, 0.5) is 13.2 Å². The van der Waals surface area contributed by atoms with Crippen LogP contribution >= 0.6 is 0 Å². The molecule has 33 heavy (non-hydrogen) atoms. The molecule has 1 unspecified atom stereocenters. The predicted octanol–water partition coefficient (Wildman–Crippen LogP) is 5.93. The topological polar surface area (TPSA) is 54.3 Å². The summed E-state index contributed by atoms with van der Waals surface area (Å²) >= 11 is 0. The van der Waals surface area contributed by atoms with Gasteiger partial charge in [0.05, 0.1) is 17.5 Å². The standard InChI is InChI=1S/C26H23F3N2O2/c1-17-22(15-24(32)33)21-12-5-6-13-23(21)31(17)25(19-9-3-2-4-10-19)30-16-18-8-7-11-20(14-18)26(27,28)29/h2-14,25,30H,15-16H2,1H3,(H,32,33). The molecule has 0 saturated carbocycles. The fourth-order valence-corrected chi connectivity index (χ4v) is 4.23. The molecule has 170 valence electrons. The monoisotopic (exact) mass is 452 g/mol. The minimum atomic E-state index is -4.41. The molecule has 0 saturated heterocycles. The first kappa shape index (κ1) is 22.6. The van der Waals surface area contributed by atoms with Crippen molar-refractivity contribution < 1.29 is 23.1 Å². The molecule has 4 nitrogen and oxygen atoms in total. The van der Waals surface area contributed by atoms with Crippen molar-refractivity contribution in [2.75, 3.05) is 0 Å². The lowest BCUT2D eigenvalue weighted by atomic mass is 10.1. The fourth-order valence-electron chi connectivity index (χ4n) is 4.23. The SMILES string of the molecule is Cc1c(CC(=O)O)c2ccccc2n1C(NCc1cccc(C(F)(F)F)c1)c1ccccc1. The van der Waals surface area contributed by atoms with Gasteiger partial charge in [-0.25, -0.2) is 0 Å². The van der Waals surface area contributed by atoms with Gasteiger partial charge in [0, 0.05) is 17.6 Å². The summed E-state index contributed by atoms with van der Waals surface area (Å²) < 4.78 is 41.5. The second-order valence-corrected chi connectivity index (χ2v) is 7.91. The molecule has 0 aliphatic rings. The predicted molar refractivity (Wildman–Crippen MR) is 121 cm³/mol. The van der Waals surface area contributed by atoms with E-state index in [-0.39, 0.29) is 13.0 Å². The molecule has 1 heterocycles. The second-order valence-electron chi connectivity index (χ2n) is 7.91. The largest absolute Gasteiger partial charge is 0.481 e. The molecule has 1 aromatic heterocycles. The molecule has 3 aromatic carbocycles. The molecular formula is C26H23F3N2O2. The first-order valence-electron chi connectivity index (χ1n) is 10.5. The van der Waals surface area contributed by atoms with Crippen molar-refractivity contribution in [3.8, 4) is 0 Å². The Hall–Kier alpha value is -3.58. The van der Waals surface area contributed by atoms with E-state index in [9.17, 15) is 23.1 Å². The molecule has 0 amide bonds. The van der Waals surface area contributed by atoms with Gasteiger partial charge in [0.15, 0.2) is 0 Å². The van der Waals surface area contributed by atoms with E-state index in [1.54, 1.807) is 6.07 Å².